The fourth-order valence-corrected chi connectivity index (χ4v) is 0.761. The Labute approximate surface area is 75.9 Å². The summed E-state index contributed by atoms with van der Waals surface area (Å²) in [4.78, 5) is 10.8. The van der Waals surface area contributed by atoms with E-state index in [2.05, 4.69) is 26.8 Å². The Bertz CT molecular complexity index is 172. The zero-order valence-corrected chi connectivity index (χ0v) is 8.85. The van der Waals surface area contributed by atoms with Crippen molar-refractivity contribution in [3.05, 3.63) is 12.2 Å². The monoisotopic (exact) mass is 168 g/mol. The van der Waals surface area contributed by atoms with Crippen molar-refractivity contribution in [2.24, 2.45) is 11.3 Å². The summed E-state index contributed by atoms with van der Waals surface area (Å²) in [5, 5.41) is 0. The van der Waals surface area contributed by atoms with E-state index < -0.39 is 0 Å². The van der Waals surface area contributed by atoms with Gasteiger partial charge in [0.05, 0.1) is 0 Å². The molecule has 0 spiro atoms. The van der Waals surface area contributed by atoms with Crippen LogP contribution >= 0.6 is 0 Å². The van der Waals surface area contributed by atoms with Crippen LogP contribution in [-0.2, 0) is 4.79 Å². The first-order valence-corrected chi connectivity index (χ1v) is 4.50. The molecule has 1 unspecified atom stereocenters. The Morgan fingerprint density at radius 2 is 1.92 bits per heavy atom. The van der Waals surface area contributed by atoms with Gasteiger partial charge >= 0.3 is 0 Å². The first-order valence-electron chi connectivity index (χ1n) is 4.50. The van der Waals surface area contributed by atoms with Crippen molar-refractivity contribution in [1.82, 2.24) is 0 Å². The molecule has 70 valence electrons. The predicted molar refractivity (Wildman–Crippen MR) is 53.1 cm³/mol. The van der Waals surface area contributed by atoms with E-state index in [4.69, 9.17) is 0 Å². The number of rotatable bonds is 3. The lowest BCUT2D eigenvalue weighted by molar-refractivity contribution is -0.118. The van der Waals surface area contributed by atoms with E-state index in [9.17, 15) is 4.79 Å². The van der Waals surface area contributed by atoms with E-state index in [0.717, 1.165) is 6.42 Å². The maximum Gasteiger partial charge on any atom is 0.136 e. The topological polar surface area (TPSA) is 17.1 Å². The van der Waals surface area contributed by atoms with Gasteiger partial charge in [0.2, 0.25) is 0 Å². The lowest BCUT2D eigenvalue weighted by Gasteiger charge is -2.14. The third-order valence-electron chi connectivity index (χ3n) is 1.80. The molecule has 0 saturated carbocycles. The molecule has 0 aliphatic carbocycles. The normalized spacial score (nSPS) is 15.1. The fraction of sp³-hybridized carbons (Fsp3) is 0.727. The minimum absolute atomic E-state index is 0.0762. The summed E-state index contributed by atoms with van der Waals surface area (Å²) < 4.78 is 0. The van der Waals surface area contributed by atoms with Crippen molar-refractivity contribution in [3.8, 4) is 0 Å². The van der Waals surface area contributed by atoms with Gasteiger partial charge in [0.15, 0.2) is 0 Å². The van der Waals surface area contributed by atoms with Crippen LogP contribution in [0.5, 0.6) is 0 Å². The highest BCUT2D eigenvalue weighted by atomic mass is 16.1. The van der Waals surface area contributed by atoms with Crippen LogP contribution in [0.25, 0.3) is 0 Å². The van der Waals surface area contributed by atoms with Crippen LogP contribution in [0.1, 0.15) is 41.0 Å². The minimum Gasteiger partial charge on any atom is -0.299 e. The highest BCUT2D eigenvalue weighted by Crippen LogP contribution is 2.19. The van der Waals surface area contributed by atoms with Crippen LogP contribution in [0.15, 0.2) is 12.2 Å². The summed E-state index contributed by atoms with van der Waals surface area (Å²) in [5.74, 6) is 0.313. The lowest BCUT2D eigenvalue weighted by atomic mass is 9.91. The smallest absolute Gasteiger partial charge is 0.136 e. The Balaban J connectivity index is 3.85. The van der Waals surface area contributed by atoms with E-state index in [1.807, 2.05) is 13.0 Å². The molecule has 0 aromatic carbocycles. The van der Waals surface area contributed by atoms with Crippen molar-refractivity contribution in [2.45, 2.75) is 41.0 Å². The SMILES string of the molecule is CC(=O)C(C)C=CCC(C)(C)C. The first kappa shape index (κ1) is 11.4. The zero-order chi connectivity index (χ0) is 9.78. The molecule has 0 heterocycles. The van der Waals surface area contributed by atoms with E-state index in [0.29, 0.717) is 5.41 Å². The number of Topliss-reactive ketones (excluding diaryl/α,β-unsaturated/α-hetero) is 1. The molecule has 0 N–H and O–H groups in total. The lowest BCUT2D eigenvalue weighted by Crippen LogP contribution is -2.05. The van der Waals surface area contributed by atoms with Crippen LogP contribution in [0.3, 0.4) is 0 Å². The summed E-state index contributed by atoms with van der Waals surface area (Å²) in [6.07, 6.45) is 5.13. The van der Waals surface area contributed by atoms with Crippen molar-refractivity contribution in [3.63, 3.8) is 0 Å². The van der Waals surface area contributed by atoms with Gasteiger partial charge in [-0.3, -0.25) is 4.79 Å². The number of hydrogen-bond donors (Lipinski definition) is 0. The Morgan fingerprint density at radius 3 is 2.25 bits per heavy atom. The molecule has 0 aliphatic heterocycles. The predicted octanol–water partition coefficient (Wildman–Crippen LogP) is 3.20. The van der Waals surface area contributed by atoms with Crippen LogP contribution in [0.2, 0.25) is 0 Å². The molecule has 0 bridgehead atoms. The Hall–Kier alpha value is -0.590. The maximum atomic E-state index is 10.8. The Morgan fingerprint density at radius 1 is 1.42 bits per heavy atom. The summed E-state index contributed by atoms with van der Waals surface area (Å²) in [7, 11) is 0. The van der Waals surface area contributed by atoms with E-state index >= 15 is 0 Å². The second kappa shape index (κ2) is 4.44. The molecule has 0 aromatic rings. The minimum atomic E-state index is 0.0762. The molecule has 0 fully saturated rings. The summed E-state index contributed by atoms with van der Waals surface area (Å²) in [6.45, 7) is 10.1. The van der Waals surface area contributed by atoms with Crippen molar-refractivity contribution >= 4 is 5.78 Å². The number of allylic oxidation sites excluding steroid dienone is 2. The van der Waals surface area contributed by atoms with E-state index in [1.165, 1.54) is 0 Å². The average Bonchev–Trinajstić information content (AvgIpc) is 1.84. The van der Waals surface area contributed by atoms with Gasteiger partial charge in [-0.15, -0.1) is 0 Å². The molecular formula is C11H20O. The number of hydrogen-bond acceptors (Lipinski definition) is 1. The molecule has 0 aliphatic rings. The molecule has 0 amide bonds. The van der Waals surface area contributed by atoms with Gasteiger partial charge in [-0.05, 0) is 18.8 Å². The van der Waals surface area contributed by atoms with Gasteiger partial charge in [-0.1, -0.05) is 39.8 Å². The molecule has 12 heavy (non-hydrogen) atoms. The summed E-state index contributed by atoms with van der Waals surface area (Å²) in [5.41, 5.74) is 0.326. The van der Waals surface area contributed by atoms with Gasteiger partial charge in [0.25, 0.3) is 0 Å². The number of ketones is 1. The number of carbonyl (C=O) groups is 1. The largest absolute Gasteiger partial charge is 0.299 e. The van der Waals surface area contributed by atoms with Gasteiger partial charge in [0, 0.05) is 5.92 Å². The molecule has 1 heteroatoms. The van der Waals surface area contributed by atoms with Gasteiger partial charge in [0.1, 0.15) is 5.78 Å². The maximum absolute atomic E-state index is 10.8. The molecule has 1 atom stereocenters. The molecule has 0 saturated heterocycles. The Kier molecular flexibility index (Phi) is 4.22. The van der Waals surface area contributed by atoms with Gasteiger partial charge < -0.3 is 0 Å². The highest BCUT2D eigenvalue weighted by Gasteiger charge is 2.07. The summed E-state index contributed by atoms with van der Waals surface area (Å²) >= 11 is 0. The third-order valence-corrected chi connectivity index (χ3v) is 1.80. The quantitative estimate of drug-likeness (QED) is 0.591. The molecule has 0 aromatic heterocycles. The standard InChI is InChI=1S/C11H20O/c1-9(10(2)12)7-6-8-11(3,4)5/h6-7,9H,8H2,1-5H3. The zero-order valence-electron chi connectivity index (χ0n) is 8.85. The molecular weight excluding hydrogens is 148 g/mol. The van der Waals surface area contributed by atoms with Crippen LogP contribution in [-0.4, -0.2) is 5.78 Å². The van der Waals surface area contributed by atoms with Crippen LogP contribution in [0, 0.1) is 11.3 Å². The third kappa shape index (κ3) is 6.14. The van der Waals surface area contributed by atoms with Crippen molar-refractivity contribution in [1.29, 1.82) is 0 Å². The van der Waals surface area contributed by atoms with Gasteiger partial charge in [-0.2, -0.15) is 0 Å². The summed E-state index contributed by atoms with van der Waals surface area (Å²) in [6, 6.07) is 0. The molecule has 1 nitrogen and oxygen atoms in total. The van der Waals surface area contributed by atoms with Crippen molar-refractivity contribution < 1.29 is 4.79 Å². The second-order valence-corrected chi connectivity index (χ2v) is 4.59. The van der Waals surface area contributed by atoms with E-state index in [-0.39, 0.29) is 11.7 Å². The van der Waals surface area contributed by atoms with E-state index in [1.54, 1.807) is 6.92 Å². The highest BCUT2D eigenvalue weighted by molar-refractivity contribution is 5.79. The van der Waals surface area contributed by atoms with Crippen molar-refractivity contribution in [2.75, 3.05) is 0 Å². The van der Waals surface area contributed by atoms with Crippen LogP contribution < -0.4 is 0 Å². The number of carbonyl (C=O) groups excluding carboxylic acids is 1. The second-order valence-electron chi connectivity index (χ2n) is 4.59. The fourth-order valence-electron chi connectivity index (χ4n) is 0.761. The van der Waals surface area contributed by atoms with Crippen LogP contribution in [0.4, 0.5) is 0 Å². The van der Waals surface area contributed by atoms with Gasteiger partial charge in [-0.25, -0.2) is 0 Å². The average molecular weight is 168 g/mol. The molecule has 0 rings (SSSR count). The first-order chi connectivity index (χ1) is 5.33. The molecule has 0 radical (unpaired) electrons.